The van der Waals surface area contributed by atoms with Gasteiger partial charge >= 0.3 is 6.09 Å². The molecule has 0 fully saturated rings. The number of anilines is 2. The monoisotopic (exact) mass is 676 g/mol. The Bertz CT molecular complexity index is 1800. The van der Waals surface area contributed by atoms with Crippen LogP contribution in [0.3, 0.4) is 0 Å². The van der Waals surface area contributed by atoms with Crippen LogP contribution in [0, 0.1) is 11.3 Å². The van der Waals surface area contributed by atoms with E-state index >= 15 is 0 Å². The van der Waals surface area contributed by atoms with Crippen LogP contribution in [-0.2, 0) is 14.3 Å². The molecule has 0 aliphatic carbocycles. The molecule has 0 bridgehead atoms. The van der Waals surface area contributed by atoms with Crippen LogP contribution in [0.15, 0.2) is 60.1 Å². The summed E-state index contributed by atoms with van der Waals surface area (Å²) in [6.07, 6.45) is 0.869. The number of halogens is 1. The van der Waals surface area contributed by atoms with Crippen molar-refractivity contribution in [3.8, 4) is 34.2 Å². The van der Waals surface area contributed by atoms with Crippen LogP contribution in [0.5, 0.6) is 5.75 Å². The number of alkyl carbamates (subject to hydrolysis) is 1. The first kappa shape index (κ1) is 34.8. The Balaban J connectivity index is 1.70. The number of aromatic nitrogens is 2. The van der Waals surface area contributed by atoms with Crippen molar-refractivity contribution in [3.63, 3.8) is 0 Å². The first-order valence-electron chi connectivity index (χ1n) is 14.3. The van der Waals surface area contributed by atoms with E-state index in [1.807, 2.05) is 0 Å². The summed E-state index contributed by atoms with van der Waals surface area (Å²) in [6, 6.07) is 15.2. The molecule has 0 saturated heterocycles. The van der Waals surface area contributed by atoms with Gasteiger partial charge in [-0.25, -0.2) is 14.8 Å². The highest BCUT2D eigenvalue weighted by Gasteiger charge is 2.22. The number of nitriles is 1. The Hall–Kier alpha value is -5.03. The van der Waals surface area contributed by atoms with Crippen molar-refractivity contribution in [2.75, 3.05) is 24.5 Å². The summed E-state index contributed by atoms with van der Waals surface area (Å²) in [5.41, 5.74) is 1.74. The van der Waals surface area contributed by atoms with Crippen molar-refractivity contribution in [1.82, 2.24) is 15.3 Å². The van der Waals surface area contributed by atoms with Gasteiger partial charge in [-0.2, -0.15) is 5.26 Å². The third-order valence-electron chi connectivity index (χ3n) is 6.25. The van der Waals surface area contributed by atoms with Gasteiger partial charge in [0.1, 0.15) is 23.0 Å². The highest BCUT2D eigenvalue weighted by Crippen LogP contribution is 2.38. The second kappa shape index (κ2) is 15.5. The molecule has 0 spiro atoms. The molecule has 244 valence electrons. The lowest BCUT2D eigenvalue weighted by Crippen LogP contribution is -2.39. The van der Waals surface area contributed by atoms with Crippen LogP contribution in [0.25, 0.3) is 22.4 Å². The first-order chi connectivity index (χ1) is 22.4. The summed E-state index contributed by atoms with van der Waals surface area (Å²) in [4.78, 5) is 46.7. The van der Waals surface area contributed by atoms with Crippen LogP contribution >= 0.6 is 22.9 Å². The third kappa shape index (κ3) is 9.73. The van der Waals surface area contributed by atoms with Crippen LogP contribution < -0.4 is 20.7 Å². The van der Waals surface area contributed by atoms with Crippen molar-refractivity contribution in [2.45, 2.75) is 45.8 Å². The standard InChI is InChI=1S/C33H33ClN6O6S/c1-19(37-32(43)46-33(2,3)4)13-28(41)38-22-8-6-7-20(14-22)24-16-26(23-10-9-21(34)15-27(23)45-18-44-5)39-29(25(24)17-35)40-30(42)31-36-11-12-47-31/h6-12,14-16,19H,13,18H2,1-5H3,(H,37,43)(H,38,41)(H,39,40,42)/t19-/m1/s1. The molecule has 2 aromatic heterocycles. The number of pyridine rings is 1. The van der Waals surface area contributed by atoms with E-state index in [2.05, 4.69) is 32.0 Å². The lowest BCUT2D eigenvalue weighted by molar-refractivity contribution is -0.116. The molecule has 0 saturated carbocycles. The van der Waals surface area contributed by atoms with E-state index in [0.29, 0.717) is 38.8 Å². The molecule has 3 N–H and O–H groups in total. The highest BCUT2D eigenvalue weighted by atomic mass is 35.5. The maximum absolute atomic E-state index is 13.0. The number of ether oxygens (including phenoxy) is 3. The van der Waals surface area contributed by atoms with Gasteiger partial charge < -0.3 is 30.2 Å². The van der Waals surface area contributed by atoms with Gasteiger partial charge in [0.15, 0.2) is 17.6 Å². The van der Waals surface area contributed by atoms with E-state index in [4.69, 9.17) is 25.8 Å². The molecular weight excluding hydrogens is 644 g/mol. The Labute approximate surface area is 281 Å². The second-order valence-electron chi connectivity index (χ2n) is 11.3. The fourth-order valence-corrected chi connectivity index (χ4v) is 5.07. The molecule has 3 amide bonds. The first-order valence-corrected chi connectivity index (χ1v) is 15.6. The van der Waals surface area contributed by atoms with E-state index in [9.17, 15) is 19.6 Å². The quantitative estimate of drug-likeness (QED) is 0.144. The van der Waals surface area contributed by atoms with Crippen LogP contribution in [0.4, 0.5) is 16.3 Å². The van der Waals surface area contributed by atoms with Crippen molar-refractivity contribution in [1.29, 1.82) is 5.26 Å². The number of carbonyl (C=O) groups excluding carboxylic acids is 3. The van der Waals surface area contributed by atoms with E-state index in [1.54, 1.807) is 81.6 Å². The van der Waals surface area contributed by atoms with Crippen molar-refractivity contribution >= 4 is 52.4 Å². The van der Waals surface area contributed by atoms with E-state index in [-0.39, 0.29) is 35.5 Å². The number of thiazole rings is 1. The van der Waals surface area contributed by atoms with Crippen LogP contribution in [0.1, 0.15) is 49.5 Å². The Morgan fingerprint density at radius 1 is 1.09 bits per heavy atom. The van der Waals surface area contributed by atoms with Crippen LogP contribution in [0.2, 0.25) is 5.02 Å². The predicted octanol–water partition coefficient (Wildman–Crippen LogP) is 6.87. The van der Waals surface area contributed by atoms with Crippen molar-refractivity contribution in [3.05, 3.63) is 75.7 Å². The van der Waals surface area contributed by atoms with Gasteiger partial charge in [-0.1, -0.05) is 23.7 Å². The molecule has 2 heterocycles. The van der Waals surface area contributed by atoms with Gasteiger partial charge in [-0.05, 0) is 69.7 Å². The van der Waals surface area contributed by atoms with Gasteiger partial charge in [0.05, 0.1) is 5.69 Å². The summed E-state index contributed by atoms with van der Waals surface area (Å²) in [5.74, 6) is -0.507. The number of benzene rings is 2. The number of amides is 3. The number of nitrogens with one attached hydrogen (secondary N) is 3. The fourth-order valence-electron chi connectivity index (χ4n) is 4.37. The predicted molar refractivity (Wildman–Crippen MR) is 179 cm³/mol. The molecule has 14 heteroatoms. The van der Waals surface area contributed by atoms with E-state index in [0.717, 1.165) is 11.3 Å². The topological polar surface area (TPSA) is 165 Å². The largest absolute Gasteiger partial charge is 0.467 e. The zero-order valence-corrected chi connectivity index (χ0v) is 27.9. The number of carbonyl (C=O) groups is 3. The summed E-state index contributed by atoms with van der Waals surface area (Å²) in [7, 11) is 1.48. The summed E-state index contributed by atoms with van der Waals surface area (Å²) in [6.45, 7) is 6.89. The lowest BCUT2D eigenvalue weighted by atomic mass is 9.97. The average Bonchev–Trinajstić information content (AvgIpc) is 3.54. The van der Waals surface area contributed by atoms with Crippen molar-refractivity contribution < 1.29 is 28.6 Å². The Kier molecular flexibility index (Phi) is 11.5. The molecule has 4 rings (SSSR count). The van der Waals surface area contributed by atoms with Gasteiger partial charge in [0.2, 0.25) is 5.91 Å². The minimum absolute atomic E-state index is 0.00400. The smallest absolute Gasteiger partial charge is 0.407 e. The Morgan fingerprint density at radius 3 is 2.55 bits per heavy atom. The van der Waals surface area contributed by atoms with Gasteiger partial charge in [-0.3, -0.25) is 9.59 Å². The molecule has 2 aromatic carbocycles. The lowest BCUT2D eigenvalue weighted by Gasteiger charge is -2.21. The van der Waals surface area contributed by atoms with Crippen LogP contribution in [-0.4, -0.2) is 53.4 Å². The fraction of sp³-hybridized carbons (Fsp3) is 0.273. The molecule has 47 heavy (non-hydrogen) atoms. The molecule has 0 radical (unpaired) electrons. The zero-order chi connectivity index (χ0) is 34.1. The molecule has 0 unspecified atom stereocenters. The molecule has 1 atom stereocenters. The summed E-state index contributed by atoms with van der Waals surface area (Å²) >= 11 is 7.39. The van der Waals surface area contributed by atoms with Gasteiger partial charge in [0, 0.05) is 53.0 Å². The minimum Gasteiger partial charge on any atom is -0.467 e. The number of rotatable bonds is 11. The van der Waals surface area contributed by atoms with E-state index < -0.39 is 23.6 Å². The number of methoxy groups -OCH3 is 1. The summed E-state index contributed by atoms with van der Waals surface area (Å²) in [5, 5.41) is 20.8. The molecule has 12 nitrogen and oxygen atoms in total. The average molecular weight is 677 g/mol. The maximum atomic E-state index is 13.0. The number of hydrogen-bond acceptors (Lipinski definition) is 10. The second-order valence-corrected chi connectivity index (χ2v) is 12.6. The third-order valence-corrected chi connectivity index (χ3v) is 7.26. The summed E-state index contributed by atoms with van der Waals surface area (Å²) < 4.78 is 16.1. The normalized spacial score (nSPS) is 11.6. The number of nitrogens with zero attached hydrogens (tertiary/aromatic N) is 3. The molecule has 0 aliphatic heterocycles. The maximum Gasteiger partial charge on any atom is 0.407 e. The number of hydrogen-bond donors (Lipinski definition) is 3. The SMILES string of the molecule is COCOc1cc(Cl)ccc1-c1cc(-c2cccc(NC(=O)C[C@@H](C)NC(=O)OC(C)(C)C)c2)c(C#N)c(NC(=O)c2nccs2)n1. The van der Waals surface area contributed by atoms with E-state index in [1.165, 1.54) is 13.3 Å². The highest BCUT2D eigenvalue weighted by molar-refractivity contribution is 7.11. The van der Waals surface area contributed by atoms with Gasteiger partial charge in [0.25, 0.3) is 5.91 Å². The zero-order valence-electron chi connectivity index (χ0n) is 26.3. The molecule has 0 aliphatic rings. The molecule has 4 aromatic rings. The molecular formula is C33H33ClN6O6S. The van der Waals surface area contributed by atoms with Gasteiger partial charge in [-0.15, -0.1) is 11.3 Å². The minimum atomic E-state index is -0.669. The Morgan fingerprint density at radius 2 is 1.87 bits per heavy atom. The van der Waals surface area contributed by atoms with Crippen molar-refractivity contribution in [2.24, 2.45) is 0 Å².